The summed E-state index contributed by atoms with van der Waals surface area (Å²) in [7, 11) is 0. The highest BCUT2D eigenvalue weighted by molar-refractivity contribution is 5.75. The van der Waals surface area contributed by atoms with Crippen molar-refractivity contribution in [2.24, 2.45) is 0 Å². The van der Waals surface area contributed by atoms with Gasteiger partial charge in [0.25, 0.3) is 5.69 Å². The van der Waals surface area contributed by atoms with E-state index in [4.69, 9.17) is 0 Å². The molecular weight excluding hydrogens is 222 g/mol. The molecule has 0 saturated carbocycles. The smallest absolute Gasteiger partial charge is 0.278 e. The number of benzene rings is 1. The SMILES string of the molecule is O=CC1NCC=C(c2ccccc2[N+](=O)[O-])N1. The molecule has 0 aromatic heterocycles. The van der Waals surface area contributed by atoms with E-state index in [0.717, 1.165) is 6.29 Å². The number of nitrogens with zero attached hydrogens (tertiary/aromatic N) is 1. The Hall–Kier alpha value is -2.21. The lowest BCUT2D eigenvalue weighted by atomic mass is 10.1. The Morgan fingerprint density at radius 2 is 2.18 bits per heavy atom. The van der Waals surface area contributed by atoms with Crippen LogP contribution in [0, 0.1) is 10.1 Å². The first kappa shape index (κ1) is 11.3. The van der Waals surface area contributed by atoms with Gasteiger partial charge in [0.2, 0.25) is 0 Å². The summed E-state index contributed by atoms with van der Waals surface area (Å²) in [6.07, 6.45) is 2.00. The third kappa shape index (κ3) is 2.31. The molecule has 2 N–H and O–H groups in total. The van der Waals surface area contributed by atoms with Gasteiger partial charge in [-0.1, -0.05) is 12.1 Å². The molecule has 6 nitrogen and oxygen atoms in total. The number of rotatable bonds is 3. The highest BCUT2D eigenvalue weighted by Crippen LogP contribution is 2.24. The molecule has 1 aromatic rings. The monoisotopic (exact) mass is 233 g/mol. The normalized spacial score (nSPS) is 19.1. The summed E-state index contributed by atoms with van der Waals surface area (Å²) in [6, 6.07) is 6.43. The van der Waals surface area contributed by atoms with E-state index in [1.54, 1.807) is 24.3 Å². The van der Waals surface area contributed by atoms with E-state index < -0.39 is 11.1 Å². The van der Waals surface area contributed by atoms with E-state index in [2.05, 4.69) is 10.6 Å². The predicted molar refractivity (Wildman–Crippen MR) is 62.1 cm³/mol. The highest BCUT2D eigenvalue weighted by atomic mass is 16.6. The van der Waals surface area contributed by atoms with Crippen molar-refractivity contribution in [3.8, 4) is 0 Å². The average Bonchev–Trinajstić information content (AvgIpc) is 2.39. The lowest BCUT2D eigenvalue weighted by Crippen LogP contribution is -2.46. The van der Waals surface area contributed by atoms with Crippen molar-refractivity contribution in [3.63, 3.8) is 0 Å². The van der Waals surface area contributed by atoms with E-state index in [-0.39, 0.29) is 5.69 Å². The molecule has 0 radical (unpaired) electrons. The standard InChI is InChI=1S/C11H11N3O3/c15-7-11-12-6-5-9(13-11)8-3-1-2-4-10(8)14(16)17/h1-5,7,11-13H,6H2. The molecule has 0 fully saturated rings. The molecule has 2 rings (SSSR count). The molecule has 1 aliphatic heterocycles. The van der Waals surface area contributed by atoms with Gasteiger partial charge >= 0.3 is 0 Å². The average molecular weight is 233 g/mol. The van der Waals surface area contributed by atoms with Crippen LogP contribution in [0.25, 0.3) is 5.70 Å². The predicted octanol–water partition coefficient (Wildman–Crippen LogP) is 0.653. The van der Waals surface area contributed by atoms with Crippen LogP contribution >= 0.6 is 0 Å². The molecule has 1 atom stereocenters. The van der Waals surface area contributed by atoms with Gasteiger partial charge in [-0.15, -0.1) is 0 Å². The number of hydrogen-bond acceptors (Lipinski definition) is 5. The van der Waals surface area contributed by atoms with Gasteiger partial charge in [0.1, 0.15) is 6.17 Å². The number of carbonyl (C=O) groups excluding carboxylic acids is 1. The summed E-state index contributed by atoms with van der Waals surface area (Å²) in [5.74, 6) is 0. The van der Waals surface area contributed by atoms with Crippen LogP contribution in [0.1, 0.15) is 5.56 Å². The number of aldehydes is 1. The summed E-state index contributed by atoms with van der Waals surface area (Å²) in [6.45, 7) is 0.498. The van der Waals surface area contributed by atoms with Gasteiger partial charge in [-0.3, -0.25) is 20.2 Å². The molecule has 6 heteroatoms. The van der Waals surface area contributed by atoms with Crippen LogP contribution in [0.3, 0.4) is 0 Å². The molecule has 0 bridgehead atoms. The number of hydrogen-bond donors (Lipinski definition) is 2. The van der Waals surface area contributed by atoms with Crippen LogP contribution < -0.4 is 10.6 Å². The summed E-state index contributed by atoms with van der Waals surface area (Å²) in [4.78, 5) is 21.1. The Labute approximate surface area is 97.5 Å². The fraction of sp³-hybridized carbons (Fsp3) is 0.182. The van der Waals surface area contributed by atoms with Gasteiger partial charge in [0.15, 0.2) is 6.29 Å². The summed E-state index contributed by atoms with van der Waals surface area (Å²) in [5, 5.41) is 16.7. The minimum absolute atomic E-state index is 0.0257. The fourth-order valence-corrected chi connectivity index (χ4v) is 1.70. The molecule has 0 spiro atoms. The summed E-state index contributed by atoms with van der Waals surface area (Å²) in [5.41, 5.74) is 1.12. The van der Waals surface area contributed by atoms with Gasteiger partial charge in [-0.2, -0.15) is 0 Å². The van der Waals surface area contributed by atoms with Crippen LogP contribution in [0.15, 0.2) is 30.3 Å². The zero-order chi connectivity index (χ0) is 12.3. The first-order valence-electron chi connectivity index (χ1n) is 5.11. The number of nitrogens with one attached hydrogen (secondary N) is 2. The topological polar surface area (TPSA) is 84.3 Å². The zero-order valence-electron chi connectivity index (χ0n) is 8.92. The van der Waals surface area contributed by atoms with Crippen LogP contribution in [0.4, 0.5) is 5.69 Å². The third-order valence-electron chi connectivity index (χ3n) is 2.48. The lowest BCUT2D eigenvalue weighted by Gasteiger charge is -2.22. The van der Waals surface area contributed by atoms with E-state index in [1.165, 1.54) is 6.07 Å². The van der Waals surface area contributed by atoms with Crippen LogP contribution in [-0.2, 0) is 4.79 Å². The maximum Gasteiger partial charge on any atom is 0.278 e. The van der Waals surface area contributed by atoms with Crippen LogP contribution in [0.5, 0.6) is 0 Å². The van der Waals surface area contributed by atoms with E-state index in [9.17, 15) is 14.9 Å². The van der Waals surface area contributed by atoms with Crippen molar-refractivity contribution in [1.82, 2.24) is 10.6 Å². The molecule has 88 valence electrons. The molecule has 17 heavy (non-hydrogen) atoms. The number of nitro groups is 1. The first-order valence-corrected chi connectivity index (χ1v) is 5.11. The zero-order valence-corrected chi connectivity index (χ0v) is 8.92. The van der Waals surface area contributed by atoms with E-state index in [0.29, 0.717) is 17.8 Å². The second-order valence-corrected chi connectivity index (χ2v) is 3.56. The van der Waals surface area contributed by atoms with Crippen LogP contribution in [0.2, 0.25) is 0 Å². The van der Waals surface area contributed by atoms with Crippen molar-refractivity contribution in [2.45, 2.75) is 6.17 Å². The van der Waals surface area contributed by atoms with E-state index in [1.807, 2.05) is 0 Å². The number of para-hydroxylation sites is 1. The Balaban J connectivity index is 2.37. The Kier molecular flexibility index (Phi) is 3.15. The van der Waals surface area contributed by atoms with Gasteiger partial charge in [-0.25, -0.2) is 0 Å². The van der Waals surface area contributed by atoms with E-state index >= 15 is 0 Å². The van der Waals surface area contributed by atoms with Crippen molar-refractivity contribution < 1.29 is 9.72 Å². The van der Waals surface area contributed by atoms with Crippen LogP contribution in [-0.4, -0.2) is 23.9 Å². The lowest BCUT2D eigenvalue weighted by molar-refractivity contribution is -0.385. The molecule has 0 amide bonds. The Morgan fingerprint density at radius 3 is 2.88 bits per heavy atom. The van der Waals surface area contributed by atoms with Gasteiger partial charge < -0.3 is 5.32 Å². The quantitative estimate of drug-likeness (QED) is 0.455. The summed E-state index contributed by atoms with van der Waals surface area (Å²) >= 11 is 0. The second kappa shape index (κ2) is 4.75. The highest BCUT2D eigenvalue weighted by Gasteiger charge is 2.20. The molecule has 0 aliphatic carbocycles. The second-order valence-electron chi connectivity index (χ2n) is 3.56. The summed E-state index contributed by atoms with van der Waals surface area (Å²) < 4.78 is 0. The molecule has 1 unspecified atom stereocenters. The minimum Gasteiger partial charge on any atom is -0.363 e. The molecular formula is C11H11N3O3. The molecule has 1 aromatic carbocycles. The maximum atomic E-state index is 10.9. The van der Waals surface area contributed by atoms with Gasteiger partial charge in [0.05, 0.1) is 10.5 Å². The molecule has 1 aliphatic rings. The van der Waals surface area contributed by atoms with Crippen molar-refractivity contribution in [1.29, 1.82) is 0 Å². The number of carbonyl (C=O) groups is 1. The largest absolute Gasteiger partial charge is 0.363 e. The maximum absolute atomic E-state index is 10.9. The molecule has 1 heterocycles. The van der Waals surface area contributed by atoms with Crippen molar-refractivity contribution in [2.75, 3.05) is 6.54 Å². The first-order chi connectivity index (χ1) is 8.22. The van der Waals surface area contributed by atoms with Gasteiger partial charge in [-0.05, 0) is 12.1 Å². The Bertz CT molecular complexity index is 485. The number of nitro benzene ring substituents is 1. The van der Waals surface area contributed by atoms with Gasteiger partial charge in [0, 0.05) is 18.3 Å². The Morgan fingerprint density at radius 1 is 1.41 bits per heavy atom. The third-order valence-corrected chi connectivity index (χ3v) is 2.48. The van der Waals surface area contributed by atoms with Crippen molar-refractivity contribution in [3.05, 3.63) is 46.0 Å². The van der Waals surface area contributed by atoms with Crippen molar-refractivity contribution >= 4 is 17.7 Å². The molecule has 0 saturated heterocycles. The minimum atomic E-state index is -0.505. The fourth-order valence-electron chi connectivity index (χ4n) is 1.70.